The Morgan fingerprint density at radius 2 is 2.02 bits per heavy atom. The maximum absolute atomic E-state index is 17.2. The average Bonchev–Trinajstić information content (AvgIpc) is 3.61. The first kappa shape index (κ1) is 30.2. The highest BCUT2D eigenvalue weighted by Gasteiger charge is 2.63. The van der Waals surface area contributed by atoms with Crippen molar-refractivity contribution >= 4 is 60.4 Å². The van der Waals surface area contributed by atoms with Crippen molar-refractivity contribution in [3.8, 4) is 22.9 Å². The third kappa shape index (κ3) is 4.02. The summed E-state index contributed by atoms with van der Waals surface area (Å²) in [6, 6.07) is 0.942. The van der Waals surface area contributed by atoms with Crippen molar-refractivity contribution in [2.45, 2.75) is 62.1 Å². The fourth-order valence-corrected chi connectivity index (χ4v) is 10.1. The minimum atomic E-state index is -2.81. The number of nitrogen functional groups attached to an aromatic ring is 1. The Hall–Kier alpha value is -3.86. The van der Waals surface area contributed by atoms with Crippen molar-refractivity contribution in [1.82, 2.24) is 14.9 Å². The van der Waals surface area contributed by atoms with Crippen LogP contribution >= 0.6 is 22.9 Å². The van der Waals surface area contributed by atoms with E-state index < -0.39 is 36.2 Å². The van der Waals surface area contributed by atoms with Gasteiger partial charge >= 0.3 is 6.01 Å². The lowest BCUT2D eigenvalue weighted by Crippen LogP contribution is -2.72. The molecule has 6 aliphatic rings. The largest absolute Gasteiger partial charge is 0.489 e. The first-order valence-corrected chi connectivity index (χ1v) is 17.1. The zero-order valence-corrected chi connectivity index (χ0v) is 27.2. The standard InChI is InChI=1S/C34H29ClF4N6O2S/c1-15-8-33(6-3-7-44(33)12-15)14-47-32-42-25-22-27(46-13-19(29(38)39)45(31(22)43-32)34-9-16(10-34)11-34)23(35)20(24(25)37)17-4-5-18(36)28-21(17)26(41-2)30(40)48-28/h4-5,16,19,29H,1,3,6-14,40H2/t16?,19-,33-,34?/m0/s1. The average molecular weight is 697 g/mol. The Bertz CT molecular complexity index is 2120. The predicted molar refractivity (Wildman–Crippen MR) is 177 cm³/mol. The number of halogens is 5. The van der Waals surface area contributed by atoms with E-state index in [1.165, 1.54) is 6.07 Å². The van der Waals surface area contributed by atoms with Gasteiger partial charge in [-0.2, -0.15) is 9.97 Å². The normalized spacial score (nSPS) is 27.5. The molecule has 2 atom stereocenters. The highest BCUT2D eigenvalue weighted by molar-refractivity contribution is 7.23. The Morgan fingerprint density at radius 1 is 1.23 bits per heavy atom. The summed E-state index contributed by atoms with van der Waals surface area (Å²) >= 11 is 7.86. The first-order valence-electron chi connectivity index (χ1n) is 15.9. The van der Waals surface area contributed by atoms with E-state index in [4.69, 9.17) is 38.4 Å². The van der Waals surface area contributed by atoms with E-state index in [1.54, 1.807) is 4.90 Å². The highest BCUT2D eigenvalue weighted by atomic mass is 35.5. The van der Waals surface area contributed by atoms with Crippen LogP contribution in [-0.2, 0) is 0 Å². The van der Waals surface area contributed by atoms with Crippen molar-refractivity contribution in [2.24, 2.45) is 5.92 Å². The Kier molecular flexibility index (Phi) is 6.50. The Labute approximate surface area is 281 Å². The lowest BCUT2D eigenvalue weighted by Gasteiger charge is -2.67. The molecule has 0 spiro atoms. The molecule has 3 aliphatic carbocycles. The first-order chi connectivity index (χ1) is 23.0. The Balaban J connectivity index is 1.29. The second-order valence-electron chi connectivity index (χ2n) is 13.9. The van der Waals surface area contributed by atoms with Crippen LogP contribution in [0.1, 0.15) is 38.5 Å². The molecule has 5 fully saturated rings. The quantitative estimate of drug-likeness (QED) is 0.124. The van der Waals surface area contributed by atoms with E-state index in [0.717, 1.165) is 55.3 Å². The molecule has 0 unspecified atom stereocenters. The second-order valence-corrected chi connectivity index (χ2v) is 15.3. The molecule has 3 aliphatic heterocycles. The molecular weight excluding hydrogens is 668 g/mol. The van der Waals surface area contributed by atoms with Gasteiger partial charge in [-0.05, 0) is 62.6 Å². The molecule has 10 rings (SSSR count). The Morgan fingerprint density at radius 3 is 2.73 bits per heavy atom. The molecule has 0 radical (unpaired) electrons. The van der Waals surface area contributed by atoms with Crippen molar-refractivity contribution in [1.29, 1.82) is 0 Å². The van der Waals surface area contributed by atoms with Crippen molar-refractivity contribution in [3.05, 3.63) is 52.4 Å². The van der Waals surface area contributed by atoms with Gasteiger partial charge in [-0.1, -0.05) is 29.8 Å². The van der Waals surface area contributed by atoms with Gasteiger partial charge in [0, 0.05) is 23.0 Å². The second kappa shape index (κ2) is 10.3. The molecule has 2 saturated heterocycles. The number of hydrogen-bond donors (Lipinski definition) is 1. The number of nitrogens with two attached hydrogens (primary N) is 1. The molecule has 2 aromatic carbocycles. The molecule has 0 amide bonds. The molecule has 5 heterocycles. The van der Waals surface area contributed by atoms with Crippen LogP contribution in [-0.4, -0.2) is 64.7 Å². The fraction of sp³-hybridized carbons (Fsp3) is 0.441. The van der Waals surface area contributed by atoms with Gasteiger partial charge in [0.25, 0.3) is 6.43 Å². The van der Waals surface area contributed by atoms with Gasteiger partial charge in [0.05, 0.1) is 32.2 Å². The number of alkyl halides is 2. The van der Waals surface area contributed by atoms with E-state index in [1.807, 2.05) is 0 Å². The van der Waals surface area contributed by atoms with Gasteiger partial charge < -0.3 is 20.1 Å². The molecule has 2 bridgehead atoms. The number of rotatable bonds is 6. The van der Waals surface area contributed by atoms with Gasteiger partial charge in [-0.3, -0.25) is 4.90 Å². The predicted octanol–water partition coefficient (Wildman–Crippen LogP) is 8.13. The molecule has 8 nitrogen and oxygen atoms in total. The van der Waals surface area contributed by atoms with Crippen LogP contribution in [0.2, 0.25) is 5.02 Å². The van der Waals surface area contributed by atoms with Crippen LogP contribution in [0.4, 0.5) is 34.1 Å². The van der Waals surface area contributed by atoms with Crippen LogP contribution in [0.25, 0.3) is 37.0 Å². The molecule has 248 valence electrons. The molecule has 2 N–H and O–H groups in total. The monoisotopic (exact) mass is 696 g/mol. The topological polar surface area (TPSA) is 81.1 Å². The smallest absolute Gasteiger partial charge is 0.319 e. The number of ether oxygens (including phenoxy) is 2. The minimum Gasteiger partial charge on any atom is -0.489 e. The zero-order valence-electron chi connectivity index (χ0n) is 25.6. The molecular formula is C34H29ClF4N6O2S. The lowest BCUT2D eigenvalue weighted by molar-refractivity contribution is -0.0490. The summed E-state index contributed by atoms with van der Waals surface area (Å²) in [6.07, 6.45) is 1.97. The van der Waals surface area contributed by atoms with E-state index in [2.05, 4.69) is 21.3 Å². The number of anilines is 2. The van der Waals surface area contributed by atoms with Crippen LogP contribution in [0.15, 0.2) is 24.3 Å². The SMILES string of the molecule is [C-]#[N+]c1c(N)sc2c(F)ccc(-c3c(Cl)c4c5c(nc(OC[C@@]67CCCN6CC(=C)C7)nc5c3F)N(C35CC(C3)C5)[C@H](C(F)F)CO4)c12. The van der Waals surface area contributed by atoms with E-state index >= 15 is 8.78 Å². The van der Waals surface area contributed by atoms with Gasteiger partial charge in [0.2, 0.25) is 5.69 Å². The summed E-state index contributed by atoms with van der Waals surface area (Å²) in [7, 11) is 0. The number of benzene rings is 2. The lowest BCUT2D eigenvalue weighted by atomic mass is 9.48. The molecule has 4 aromatic rings. The van der Waals surface area contributed by atoms with Crippen molar-refractivity contribution < 1.29 is 27.0 Å². The van der Waals surface area contributed by atoms with Gasteiger partial charge in [0.1, 0.15) is 36.4 Å². The van der Waals surface area contributed by atoms with Gasteiger partial charge in [-0.25, -0.2) is 22.4 Å². The van der Waals surface area contributed by atoms with Crippen LogP contribution in [0.3, 0.4) is 0 Å². The van der Waals surface area contributed by atoms with Crippen LogP contribution in [0, 0.1) is 24.1 Å². The van der Waals surface area contributed by atoms with Crippen LogP contribution in [0.5, 0.6) is 11.8 Å². The number of fused-ring (bicyclic) bond motifs is 2. The van der Waals surface area contributed by atoms with Crippen LogP contribution < -0.4 is 20.1 Å². The fourth-order valence-electron chi connectivity index (χ4n) is 8.87. The molecule has 48 heavy (non-hydrogen) atoms. The highest BCUT2D eigenvalue weighted by Crippen LogP contribution is 2.64. The third-order valence-corrected chi connectivity index (χ3v) is 12.5. The number of aromatic nitrogens is 2. The maximum atomic E-state index is 17.2. The summed E-state index contributed by atoms with van der Waals surface area (Å²) in [4.78, 5) is 16.8. The van der Waals surface area contributed by atoms with E-state index in [-0.39, 0.29) is 77.6 Å². The number of nitrogens with zero attached hydrogens (tertiary/aromatic N) is 5. The van der Waals surface area contributed by atoms with E-state index in [0.29, 0.717) is 25.2 Å². The van der Waals surface area contributed by atoms with E-state index in [9.17, 15) is 8.78 Å². The zero-order chi connectivity index (χ0) is 33.3. The summed E-state index contributed by atoms with van der Waals surface area (Å²) in [5, 5.41) is 0.0267. The summed E-state index contributed by atoms with van der Waals surface area (Å²) in [6.45, 7) is 13.4. The van der Waals surface area contributed by atoms with Crippen molar-refractivity contribution in [2.75, 3.05) is 36.9 Å². The molecule has 14 heteroatoms. The van der Waals surface area contributed by atoms with Gasteiger partial charge in [0.15, 0.2) is 11.6 Å². The summed E-state index contributed by atoms with van der Waals surface area (Å²) < 4.78 is 74.6. The van der Waals surface area contributed by atoms with Gasteiger partial charge in [-0.15, -0.1) is 11.3 Å². The maximum Gasteiger partial charge on any atom is 0.319 e. The summed E-state index contributed by atoms with van der Waals surface area (Å²) in [5.41, 5.74) is 5.96. The minimum absolute atomic E-state index is 0.0367. The summed E-state index contributed by atoms with van der Waals surface area (Å²) in [5.74, 6) is -1.03. The van der Waals surface area contributed by atoms with Crippen molar-refractivity contribution in [3.63, 3.8) is 0 Å². The molecule has 2 aromatic heterocycles. The third-order valence-electron chi connectivity index (χ3n) is 11.1. The number of hydrogen-bond acceptors (Lipinski definition) is 8. The molecule has 3 saturated carbocycles. The number of thiophene rings is 1.